The second kappa shape index (κ2) is 8.22. The topological polar surface area (TPSA) is 78.5 Å². The van der Waals surface area contributed by atoms with Crippen molar-refractivity contribution in [1.82, 2.24) is 10.2 Å². The van der Waals surface area contributed by atoms with Gasteiger partial charge in [-0.05, 0) is 37.1 Å². The summed E-state index contributed by atoms with van der Waals surface area (Å²) in [5.41, 5.74) is 1.47. The highest BCUT2D eigenvalue weighted by Gasteiger charge is 2.40. The Bertz CT molecular complexity index is 857. The summed E-state index contributed by atoms with van der Waals surface area (Å²) in [6.07, 6.45) is 0.339. The standard InChI is InChI=1S/C20H20ClN3O3/c1-13(14-6-3-2-4-7-14)24-19(26)17(23-20(24)27)10-11-18(25)22-16-9-5-8-15(21)12-16/h2-9,12-13,17H,10-11H2,1H3,(H,22,25)(H,23,27). The van der Waals surface area contributed by atoms with Crippen LogP contribution in [0.4, 0.5) is 10.5 Å². The van der Waals surface area contributed by atoms with Crippen LogP contribution in [0.5, 0.6) is 0 Å². The third-order valence-corrected chi connectivity index (χ3v) is 4.72. The number of benzene rings is 2. The molecule has 2 N–H and O–H groups in total. The molecule has 3 rings (SSSR count). The fourth-order valence-corrected chi connectivity index (χ4v) is 3.25. The molecule has 1 heterocycles. The van der Waals surface area contributed by atoms with Crippen molar-refractivity contribution in [2.24, 2.45) is 0 Å². The van der Waals surface area contributed by atoms with Crippen molar-refractivity contribution in [3.05, 3.63) is 65.2 Å². The van der Waals surface area contributed by atoms with Crippen LogP contribution in [0.2, 0.25) is 5.02 Å². The van der Waals surface area contributed by atoms with E-state index in [9.17, 15) is 14.4 Å². The maximum Gasteiger partial charge on any atom is 0.325 e. The van der Waals surface area contributed by atoms with Crippen LogP contribution >= 0.6 is 11.6 Å². The molecule has 1 aliphatic heterocycles. The minimum absolute atomic E-state index is 0.108. The van der Waals surface area contributed by atoms with E-state index in [1.807, 2.05) is 30.3 Å². The van der Waals surface area contributed by atoms with Crippen molar-refractivity contribution in [1.29, 1.82) is 0 Å². The molecule has 4 amide bonds. The average Bonchev–Trinajstić information content (AvgIpc) is 2.94. The largest absolute Gasteiger partial charge is 0.326 e. The van der Waals surface area contributed by atoms with Crippen molar-refractivity contribution in [2.75, 3.05) is 5.32 Å². The van der Waals surface area contributed by atoms with Crippen LogP contribution in [0.3, 0.4) is 0 Å². The van der Waals surface area contributed by atoms with Gasteiger partial charge in [0.05, 0.1) is 6.04 Å². The number of rotatable bonds is 6. The van der Waals surface area contributed by atoms with E-state index in [0.29, 0.717) is 10.7 Å². The zero-order valence-corrected chi connectivity index (χ0v) is 15.6. The molecule has 27 heavy (non-hydrogen) atoms. The van der Waals surface area contributed by atoms with Crippen LogP contribution < -0.4 is 10.6 Å². The molecule has 2 aromatic carbocycles. The molecule has 0 aromatic heterocycles. The predicted octanol–water partition coefficient (Wildman–Crippen LogP) is 3.74. The third kappa shape index (κ3) is 4.46. The summed E-state index contributed by atoms with van der Waals surface area (Å²) in [5.74, 6) is -0.555. The molecule has 140 valence electrons. The molecule has 0 spiro atoms. The number of nitrogens with one attached hydrogen (secondary N) is 2. The van der Waals surface area contributed by atoms with Gasteiger partial charge in [0.2, 0.25) is 5.91 Å². The first-order chi connectivity index (χ1) is 13.0. The van der Waals surface area contributed by atoms with Gasteiger partial charge in [-0.15, -0.1) is 0 Å². The molecule has 0 saturated carbocycles. The van der Waals surface area contributed by atoms with Crippen LogP contribution in [0, 0.1) is 0 Å². The van der Waals surface area contributed by atoms with E-state index >= 15 is 0 Å². The van der Waals surface area contributed by atoms with E-state index in [1.54, 1.807) is 31.2 Å². The zero-order valence-electron chi connectivity index (χ0n) is 14.8. The number of urea groups is 1. The van der Waals surface area contributed by atoms with Crippen LogP contribution in [0.25, 0.3) is 0 Å². The van der Waals surface area contributed by atoms with Gasteiger partial charge in [0, 0.05) is 17.1 Å². The number of carbonyl (C=O) groups excluding carboxylic acids is 3. The molecule has 0 aliphatic carbocycles. The number of imide groups is 1. The number of hydrogen-bond donors (Lipinski definition) is 2. The molecule has 0 radical (unpaired) electrons. The quantitative estimate of drug-likeness (QED) is 0.743. The summed E-state index contributed by atoms with van der Waals surface area (Å²) in [5, 5.41) is 5.93. The molecular weight excluding hydrogens is 366 g/mol. The van der Waals surface area contributed by atoms with Crippen LogP contribution in [-0.4, -0.2) is 28.8 Å². The normalized spacial score (nSPS) is 17.6. The third-order valence-electron chi connectivity index (χ3n) is 4.49. The number of nitrogens with zero attached hydrogens (tertiary/aromatic N) is 1. The first kappa shape index (κ1) is 18.9. The SMILES string of the molecule is CC(c1ccccc1)N1C(=O)NC(CCC(=O)Nc2cccc(Cl)c2)C1=O. The lowest BCUT2D eigenvalue weighted by Crippen LogP contribution is -2.34. The highest BCUT2D eigenvalue weighted by atomic mass is 35.5. The predicted molar refractivity (Wildman–Crippen MR) is 103 cm³/mol. The summed E-state index contributed by atoms with van der Waals surface area (Å²) in [6, 6.07) is 14.7. The van der Waals surface area contributed by atoms with Gasteiger partial charge < -0.3 is 10.6 Å². The van der Waals surface area contributed by atoms with Gasteiger partial charge in [-0.2, -0.15) is 0 Å². The van der Waals surface area contributed by atoms with Gasteiger partial charge in [0.15, 0.2) is 0 Å². The van der Waals surface area contributed by atoms with Gasteiger partial charge >= 0.3 is 6.03 Å². The van der Waals surface area contributed by atoms with Gasteiger partial charge in [-0.3, -0.25) is 14.5 Å². The van der Waals surface area contributed by atoms with Crippen molar-refractivity contribution in [2.45, 2.75) is 31.8 Å². The Labute approximate surface area is 162 Å². The molecule has 2 unspecified atom stereocenters. The Balaban J connectivity index is 1.58. The molecule has 7 heteroatoms. The lowest BCUT2D eigenvalue weighted by molar-refractivity contribution is -0.129. The van der Waals surface area contributed by atoms with Crippen LogP contribution in [0.15, 0.2) is 54.6 Å². The van der Waals surface area contributed by atoms with E-state index in [1.165, 1.54) is 4.90 Å². The molecule has 1 aliphatic rings. The van der Waals surface area contributed by atoms with Crippen molar-refractivity contribution in [3.8, 4) is 0 Å². The molecule has 1 saturated heterocycles. The van der Waals surface area contributed by atoms with Gasteiger partial charge in [0.25, 0.3) is 5.91 Å². The van der Waals surface area contributed by atoms with E-state index in [-0.39, 0.29) is 30.7 Å². The summed E-state index contributed by atoms with van der Waals surface area (Å²) >= 11 is 5.89. The second-order valence-corrected chi connectivity index (χ2v) is 6.83. The Morgan fingerprint density at radius 2 is 1.93 bits per heavy atom. The van der Waals surface area contributed by atoms with Gasteiger partial charge in [-0.25, -0.2) is 4.79 Å². The Morgan fingerprint density at radius 1 is 1.19 bits per heavy atom. The first-order valence-electron chi connectivity index (χ1n) is 8.69. The molecular formula is C20H20ClN3O3. The first-order valence-corrected chi connectivity index (χ1v) is 9.07. The van der Waals surface area contributed by atoms with E-state index < -0.39 is 12.1 Å². The second-order valence-electron chi connectivity index (χ2n) is 6.39. The summed E-state index contributed by atoms with van der Waals surface area (Å²) in [4.78, 5) is 38.2. The van der Waals surface area contributed by atoms with Crippen LogP contribution in [-0.2, 0) is 9.59 Å². The molecule has 2 atom stereocenters. The molecule has 2 aromatic rings. The number of halogens is 1. The molecule has 1 fully saturated rings. The van der Waals surface area contributed by atoms with E-state index in [2.05, 4.69) is 10.6 Å². The number of hydrogen-bond acceptors (Lipinski definition) is 3. The van der Waals surface area contributed by atoms with Crippen molar-refractivity contribution < 1.29 is 14.4 Å². The van der Waals surface area contributed by atoms with E-state index in [0.717, 1.165) is 5.56 Å². The highest BCUT2D eigenvalue weighted by Crippen LogP contribution is 2.25. The monoisotopic (exact) mass is 385 g/mol. The molecule has 6 nitrogen and oxygen atoms in total. The van der Waals surface area contributed by atoms with Crippen LogP contribution in [0.1, 0.15) is 31.4 Å². The Morgan fingerprint density at radius 3 is 2.63 bits per heavy atom. The smallest absolute Gasteiger partial charge is 0.325 e. The maximum absolute atomic E-state index is 12.6. The fourth-order valence-electron chi connectivity index (χ4n) is 3.06. The number of amides is 4. The maximum atomic E-state index is 12.6. The minimum atomic E-state index is -0.700. The highest BCUT2D eigenvalue weighted by molar-refractivity contribution is 6.30. The summed E-state index contributed by atoms with van der Waals surface area (Å²) in [7, 11) is 0. The van der Waals surface area contributed by atoms with Gasteiger partial charge in [0.1, 0.15) is 6.04 Å². The Kier molecular flexibility index (Phi) is 5.76. The van der Waals surface area contributed by atoms with Crippen molar-refractivity contribution >= 4 is 35.1 Å². The lowest BCUT2D eigenvalue weighted by Gasteiger charge is -2.21. The van der Waals surface area contributed by atoms with Gasteiger partial charge in [-0.1, -0.05) is 48.0 Å². The minimum Gasteiger partial charge on any atom is -0.326 e. The lowest BCUT2D eigenvalue weighted by atomic mass is 10.1. The summed E-state index contributed by atoms with van der Waals surface area (Å²) in [6.45, 7) is 1.81. The zero-order chi connectivity index (χ0) is 19.4. The van der Waals surface area contributed by atoms with E-state index in [4.69, 9.17) is 11.6 Å². The summed E-state index contributed by atoms with van der Waals surface area (Å²) < 4.78 is 0. The fraction of sp³-hybridized carbons (Fsp3) is 0.250. The molecule has 0 bridgehead atoms. The van der Waals surface area contributed by atoms with Crippen molar-refractivity contribution in [3.63, 3.8) is 0 Å². The number of carbonyl (C=O) groups is 3. The Hall–Kier alpha value is -2.86. The average molecular weight is 386 g/mol. The number of anilines is 1.